The maximum atomic E-state index is 12.5. The van der Waals surface area contributed by atoms with Gasteiger partial charge in [-0.1, -0.05) is 44.2 Å². The molecular formula is C23H28N6O7. The summed E-state index contributed by atoms with van der Waals surface area (Å²) in [4.78, 5) is 58.5. The molecule has 0 spiro atoms. The third-order valence-electron chi connectivity index (χ3n) is 4.88. The highest BCUT2D eigenvalue weighted by atomic mass is 16.6. The summed E-state index contributed by atoms with van der Waals surface area (Å²) in [6, 6.07) is 8.28. The van der Waals surface area contributed by atoms with E-state index in [4.69, 9.17) is 14.2 Å². The van der Waals surface area contributed by atoms with E-state index in [1.54, 1.807) is 13.8 Å². The first kappa shape index (κ1) is 26.3. The molecular weight excluding hydrogens is 472 g/mol. The van der Waals surface area contributed by atoms with Crippen molar-refractivity contribution in [1.29, 1.82) is 0 Å². The molecule has 1 aromatic carbocycles. The molecule has 36 heavy (non-hydrogen) atoms. The summed E-state index contributed by atoms with van der Waals surface area (Å²) < 4.78 is 17.4. The molecule has 3 rings (SSSR count). The number of fused-ring (bicyclic) bond motifs is 1. The molecule has 0 saturated heterocycles. The number of ether oxygens (including phenoxy) is 3. The molecule has 0 aliphatic heterocycles. The second-order valence-corrected chi connectivity index (χ2v) is 8.11. The lowest BCUT2D eigenvalue weighted by molar-refractivity contribution is -0.149. The van der Waals surface area contributed by atoms with Gasteiger partial charge in [0.15, 0.2) is 11.2 Å². The van der Waals surface area contributed by atoms with Crippen LogP contribution in [0, 0.1) is 5.92 Å². The Labute approximate surface area is 206 Å². The van der Waals surface area contributed by atoms with Crippen LogP contribution >= 0.6 is 0 Å². The number of anilines is 1. The summed E-state index contributed by atoms with van der Waals surface area (Å²) in [6.07, 6.45) is 0.648. The quantitative estimate of drug-likeness (QED) is 0.261. The van der Waals surface area contributed by atoms with Gasteiger partial charge in [-0.2, -0.15) is 4.98 Å². The number of carbonyl (C=O) groups is 3. The highest BCUT2D eigenvalue weighted by molar-refractivity contribution is 5.87. The number of nitrogens with zero attached hydrogens (tertiary/aromatic N) is 3. The zero-order valence-electron chi connectivity index (χ0n) is 20.1. The second-order valence-electron chi connectivity index (χ2n) is 8.11. The molecule has 2 aromatic heterocycles. The zero-order chi connectivity index (χ0) is 26.1. The van der Waals surface area contributed by atoms with Gasteiger partial charge in [-0.05, 0) is 11.5 Å². The van der Waals surface area contributed by atoms with Gasteiger partial charge in [-0.3, -0.25) is 24.5 Å². The molecule has 0 saturated carbocycles. The number of imidazole rings is 1. The number of alkyl carbamates (subject to hydrolysis) is 1. The molecule has 0 bridgehead atoms. The Balaban J connectivity index is 1.46. The molecule has 0 unspecified atom stereocenters. The topological polar surface area (TPSA) is 167 Å². The Morgan fingerprint density at radius 1 is 1.11 bits per heavy atom. The molecule has 1 atom stereocenters. The molecule has 2 amide bonds. The number of benzene rings is 1. The fourth-order valence-corrected chi connectivity index (χ4v) is 3.12. The maximum absolute atomic E-state index is 12.5. The van der Waals surface area contributed by atoms with E-state index >= 15 is 0 Å². The van der Waals surface area contributed by atoms with Crippen molar-refractivity contribution < 1.29 is 28.6 Å². The molecule has 0 fully saturated rings. The molecule has 0 aliphatic carbocycles. The Morgan fingerprint density at radius 3 is 2.56 bits per heavy atom. The zero-order valence-corrected chi connectivity index (χ0v) is 20.1. The van der Waals surface area contributed by atoms with Crippen molar-refractivity contribution in [2.24, 2.45) is 5.92 Å². The first-order chi connectivity index (χ1) is 17.2. The molecule has 0 aliphatic rings. The summed E-state index contributed by atoms with van der Waals surface area (Å²) in [5.41, 5.74) is 0.623. The minimum absolute atomic E-state index is 0.00907. The molecule has 2 heterocycles. The number of esters is 1. The molecule has 192 valence electrons. The lowest BCUT2D eigenvalue weighted by atomic mass is 10.1. The molecule has 3 N–H and O–H groups in total. The third kappa shape index (κ3) is 7.37. The van der Waals surface area contributed by atoms with Crippen LogP contribution in [-0.4, -0.2) is 56.7 Å². The van der Waals surface area contributed by atoms with Crippen LogP contribution in [0.2, 0.25) is 0 Å². The van der Waals surface area contributed by atoms with E-state index in [1.807, 2.05) is 30.3 Å². The third-order valence-corrected chi connectivity index (χ3v) is 4.88. The van der Waals surface area contributed by atoms with Gasteiger partial charge in [0.2, 0.25) is 11.9 Å². The number of hydrogen-bond donors (Lipinski definition) is 3. The van der Waals surface area contributed by atoms with E-state index in [9.17, 15) is 19.2 Å². The standard InChI is InChI=1S/C23H28N6O7/c1-14(2)17(26-23(33)36-11-16-7-5-4-6-8-16)21(32)35-10-9-34-13-29-12-24-18-19(29)27-22(25-15(3)30)28-20(18)31/h4-8,12,14,17H,9-11,13H2,1-3H3,(H,26,33)(H2,25,27,28,30,31)/t17-/m0/s1. The SMILES string of the molecule is CC(=O)Nc1nc2c(ncn2COCCOC(=O)[C@@H](NC(=O)OCc2ccccc2)C(C)C)c(=O)[nH]1. The van der Waals surface area contributed by atoms with E-state index in [2.05, 4.69) is 25.6 Å². The number of carbonyl (C=O) groups excluding carboxylic acids is 3. The van der Waals surface area contributed by atoms with Crippen molar-refractivity contribution in [3.8, 4) is 0 Å². The van der Waals surface area contributed by atoms with Gasteiger partial charge in [-0.25, -0.2) is 14.6 Å². The van der Waals surface area contributed by atoms with Crippen LogP contribution < -0.4 is 16.2 Å². The summed E-state index contributed by atoms with van der Waals surface area (Å²) >= 11 is 0. The molecule has 13 heteroatoms. The van der Waals surface area contributed by atoms with Crippen LogP contribution in [0.15, 0.2) is 41.5 Å². The van der Waals surface area contributed by atoms with Gasteiger partial charge >= 0.3 is 12.1 Å². The van der Waals surface area contributed by atoms with Gasteiger partial charge in [0.05, 0.1) is 12.9 Å². The highest BCUT2D eigenvalue weighted by Gasteiger charge is 2.26. The first-order valence-electron chi connectivity index (χ1n) is 11.2. The summed E-state index contributed by atoms with van der Waals surface area (Å²) in [7, 11) is 0. The predicted octanol–water partition coefficient (Wildman–Crippen LogP) is 1.55. The Morgan fingerprint density at radius 2 is 1.86 bits per heavy atom. The van der Waals surface area contributed by atoms with Crippen LogP contribution in [-0.2, 0) is 37.1 Å². The number of H-pyrrole nitrogens is 1. The Bertz CT molecular complexity index is 1250. The van der Waals surface area contributed by atoms with Crippen molar-refractivity contribution in [3.63, 3.8) is 0 Å². The van der Waals surface area contributed by atoms with Crippen molar-refractivity contribution in [2.75, 3.05) is 18.5 Å². The second kappa shape index (κ2) is 12.4. The van der Waals surface area contributed by atoms with Gasteiger partial charge in [0.25, 0.3) is 5.56 Å². The summed E-state index contributed by atoms with van der Waals surface area (Å²) in [5, 5.41) is 4.94. The van der Waals surface area contributed by atoms with E-state index in [0.29, 0.717) is 0 Å². The van der Waals surface area contributed by atoms with Crippen LogP contribution in [0.5, 0.6) is 0 Å². The van der Waals surface area contributed by atoms with Gasteiger partial charge in [0.1, 0.15) is 26.0 Å². The number of nitrogens with one attached hydrogen (secondary N) is 3. The highest BCUT2D eigenvalue weighted by Crippen LogP contribution is 2.09. The van der Waals surface area contributed by atoms with Crippen molar-refractivity contribution in [3.05, 3.63) is 52.6 Å². The first-order valence-corrected chi connectivity index (χ1v) is 11.2. The minimum Gasteiger partial charge on any atom is -0.462 e. The predicted molar refractivity (Wildman–Crippen MR) is 128 cm³/mol. The monoisotopic (exact) mass is 500 g/mol. The van der Waals surface area contributed by atoms with Crippen molar-refractivity contribution >= 4 is 35.1 Å². The summed E-state index contributed by atoms with van der Waals surface area (Å²) in [5.74, 6) is -1.25. The van der Waals surface area contributed by atoms with Crippen LogP contribution in [0.4, 0.5) is 10.7 Å². The van der Waals surface area contributed by atoms with E-state index in [0.717, 1.165) is 5.56 Å². The number of aromatic nitrogens is 4. The molecule has 3 aromatic rings. The number of aromatic amines is 1. The fourth-order valence-electron chi connectivity index (χ4n) is 3.12. The molecule has 13 nitrogen and oxygen atoms in total. The summed E-state index contributed by atoms with van der Waals surface area (Å²) in [6.45, 7) is 4.86. The molecule has 0 radical (unpaired) electrons. The van der Waals surface area contributed by atoms with E-state index < -0.39 is 23.7 Å². The normalized spacial score (nSPS) is 11.8. The van der Waals surface area contributed by atoms with Gasteiger partial charge in [-0.15, -0.1) is 0 Å². The van der Waals surface area contributed by atoms with Crippen LogP contribution in [0.1, 0.15) is 26.3 Å². The van der Waals surface area contributed by atoms with Crippen LogP contribution in [0.3, 0.4) is 0 Å². The lowest BCUT2D eigenvalue weighted by Gasteiger charge is -2.20. The van der Waals surface area contributed by atoms with Crippen molar-refractivity contribution in [1.82, 2.24) is 24.8 Å². The minimum atomic E-state index is -0.894. The van der Waals surface area contributed by atoms with Gasteiger partial charge in [0, 0.05) is 6.92 Å². The average molecular weight is 501 g/mol. The van der Waals surface area contributed by atoms with E-state index in [-0.39, 0.29) is 55.5 Å². The smallest absolute Gasteiger partial charge is 0.408 e. The Kier molecular flexibility index (Phi) is 9.11. The number of hydrogen-bond acceptors (Lipinski definition) is 9. The maximum Gasteiger partial charge on any atom is 0.408 e. The number of rotatable bonds is 11. The number of amides is 2. The Hall–Kier alpha value is -4.26. The van der Waals surface area contributed by atoms with E-state index in [1.165, 1.54) is 17.8 Å². The lowest BCUT2D eigenvalue weighted by Crippen LogP contribution is -2.45. The van der Waals surface area contributed by atoms with Crippen molar-refractivity contribution in [2.45, 2.75) is 40.2 Å². The average Bonchev–Trinajstić information content (AvgIpc) is 3.24. The van der Waals surface area contributed by atoms with Gasteiger partial charge < -0.3 is 19.5 Å². The van der Waals surface area contributed by atoms with Crippen LogP contribution in [0.25, 0.3) is 11.2 Å². The largest absolute Gasteiger partial charge is 0.462 e. The fraction of sp³-hybridized carbons (Fsp3) is 0.391.